The van der Waals surface area contributed by atoms with Gasteiger partial charge in [0, 0.05) is 25.7 Å². The summed E-state index contributed by atoms with van der Waals surface area (Å²) in [6.07, 6.45) is 90.9. The molecule has 0 rings (SSSR count). The Bertz CT molecular complexity index is 2630. The Labute approximate surface area is 642 Å². The fourth-order valence-electron chi connectivity index (χ4n) is 10.4. The van der Waals surface area contributed by atoms with Crippen molar-refractivity contribution in [1.82, 2.24) is 0 Å². The van der Waals surface area contributed by atoms with Gasteiger partial charge in [0.25, 0.3) is 0 Å². The standard InChI is InChI=1S/C87H144O17P2/c1-5-9-13-17-21-25-29-33-36-39-40-43-45-49-52-56-60-64-68-72-85(90)98-78-83(104-87(92)74-70-66-62-58-54-50-46-42-38-35-31-27-23-19-15-11-7-3)80-102-106(95,96)100-76-81(88)75-99-105(93,94)101-79-82(103-86(91)73-69-65-61-57-53-47-32-28-24-20-16-12-8-4)77-97-84(89)71-67-63-59-55-51-48-44-41-37-34-30-26-22-18-14-10-6-2/h10-11,14-15,21-23,25-27,33-38,40,43-44,46,48,50,55,58-59,62,81-83,88H,5-9,12-13,16-20,24,28-32,39,41-42,45,47,49,51-54,56-57,60-61,63-80H2,1-4H3,(H,93,94)(H,95,96)/b14-10-,15-11-,25-21-,26-22-,27-23-,36-33-,37-34-,38-35-,43-40-,48-44-,50-46-,59-55-,62-58-. The molecule has 5 unspecified atom stereocenters. The number of hydrogen-bond acceptors (Lipinski definition) is 15. The molecule has 5 atom stereocenters. The third kappa shape index (κ3) is 76.9. The maximum Gasteiger partial charge on any atom is 0.472 e. The van der Waals surface area contributed by atoms with Crippen molar-refractivity contribution < 1.29 is 80.2 Å². The van der Waals surface area contributed by atoms with E-state index in [2.05, 4.69) is 161 Å². The molecule has 19 heteroatoms. The first-order valence-electron chi connectivity index (χ1n) is 40.7. The lowest BCUT2D eigenvalue weighted by molar-refractivity contribution is -0.161. The van der Waals surface area contributed by atoms with E-state index in [1.807, 2.05) is 24.3 Å². The average Bonchev–Trinajstić information content (AvgIpc) is 0.937. The number of phosphoric ester groups is 2. The molecule has 0 saturated carbocycles. The van der Waals surface area contributed by atoms with Gasteiger partial charge in [-0.2, -0.15) is 0 Å². The van der Waals surface area contributed by atoms with Crippen molar-refractivity contribution >= 4 is 39.5 Å². The summed E-state index contributed by atoms with van der Waals surface area (Å²) in [5, 5.41) is 10.6. The van der Waals surface area contributed by atoms with Crippen molar-refractivity contribution in [1.29, 1.82) is 0 Å². The van der Waals surface area contributed by atoms with Crippen LogP contribution in [-0.4, -0.2) is 96.7 Å². The van der Waals surface area contributed by atoms with E-state index in [4.69, 9.17) is 37.0 Å². The van der Waals surface area contributed by atoms with Crippen LogP contribution in [0.25, 0.3) is 0 Å². The monoisotopic (exact) mass is 1520 g/mol. The zero-order valence-electron chi connectivity index (χ0n) is 66.1. The average molecular weight is 1520 g/mol. The number of carbonyl (C=O) groups is 4. The van der Waals surface area contributed by atoms with Crippen LogP contribution in [0.15, 0.2) is 158 Å². The molecule has 0 aliphatic rings. The number of esters is 4. The Morgan fingerprint density at radius 2 is 0.500 bits per heavy atom. The van der Waals surface area contributed by atoms with E-state index in [0.717, 1.165) is 148 Å². The Morgan fingerprint density at radius 1 is 0.274 bits per heavy atom. The predicted molar refractivity (Wildman–Crippen MR) is 436 cm³/mol. The Hall–Kier alpha value is -5.32. The largest absolute Gasteiger partial charge is 0.472 e. The van der Waals surface area contributed by atoms with Crippen molar-refractivity contribution in [3.05, 3.63) is 158 Å². The second-order valence-corrected chi connectivity index (χ2v) is 29.5. The molecule has 0 amide bonds. The van der Waals surface area contributed by atoms with Crippen LogP contribution in [0.2, 0.25) is 0 Å². The van der Waals surface area contributed by atoms with Crippen molar-refractivity contribution in [2.24, 2.45) is 0 Å². The van der Waals surface area contributed by atoms with Crippen molar-refractivity contribution in [2.45, 2.75) is 329 Å². The van der Waals surface area contributed by atoms with Crippen LogP contribution in [-0.2, 0) is 65.4 Å². The molecule has 0 spiro atoms. The third-order valence-corrected chi connectivity index (χ3v) is 18.4. The lowest BCUT2D eigenvalue weighted by atomic mass is 10.0. The van der Waals surface area contributed by atoms with Gasteiger partial charge in [-0.3, -0.25) is 37.3 Å². The predicted octanol–water partition coefficient (Wildman–Crippen LogP) is 24.0. The molecule has 0 saturated heterocycles. The minimum absolute atomic E-state index is 0.00786. The first kappa shape index (κ1) is 101. The number of rotatable bonds is 75. The molecule has 0 heterocycles. The number of ether oxygens (including phenoxy) is 4. The molecule has 0 aromatic heterocycles. The van der Waals surface area contributed by atoms with Gasteiger partial charge in [0.15, 0.2) is 12.2 Å². The molecule has 17 nitrogen and oxygen atoms in total. The Kier molecular flexibility index (Phi) is 73.9. The molecular formula is C87H144O17P2. The smallest absolute Gasteiger partial charge is 0.462 e. The summed E-state index contributed by atoms with van der Waals surface area (Å²) in [5.41, 5.74) is 0. The highest BCUT2D eigenvalue weighted by Gasteiger charge is 2.30. The van der Waals surface area contributed by atoms with Crippen LogP contribution < -0.4 is 0 Å². The highest BCUT2D eigenvalue weighted by molar-refractivity contribution is 7.47. The maximum absolute atomic E-state index is 13.1. The maximum atomic E-state index is 13.1. The first-order valence-corrected chi connectivity index (χ1v) is 43.7. The highest BCUT2D eigenvalue weighted by atomic mass is 31.2. The van der Waals surface area contributed by atoms with Crippen molar-refractivity contribution in [2.75, 3.05) is 39.6 Å². The van der Waals surface area contributed by atoms with Crippen LogP contribution in [0.1, 0.15) is 310 Å². The first-order chi connectivity index (χ1) is 51.7. The molecule has 106 heavy (non-hydrogen) atoms. The number of carbonyl (C=O) groups excluding carboxylic acids is 4. The van der Waals surface area contributed by atoms with Gasteiger partial charge in [0.2, 0.25) is 0 Å². The summed E-state index contributed by atoms with van der Waals surface area (Å²) >= 11 is 0. The minimum atomic E-state index is -5.01. The number of allylic oxidation sites excluding steroid dienone is 26. The molecule has 0 aromatic rings. The topological polar surface area (TPSA) is 237 Å². The Balaban J connectivity index is 5.47. The van der Waals surface area contributed by atoms with Gasteiger partial charge in [0.05, 0.1) is 26.4 Å². The van der Waals surface area contributed by atoms with E-state index in [1.54, 1.807) is 0 Å². The Morgan fingerprint density at radius 3 is 0.821 bits per heavy atom. The molecule has 0 aliphatic carbocycles. The minimum Gasteiger partial charge on any atom is -0.462 e. The van der Waals surface area contributed by atoms with Crippen LogP contribution >= 0.6 is 15.6 Å². The molecule has 604 valence electrons. The fourth-order valence-corrected chi connectivity index (χ4v) is 11.9. The van der Waals surface area contributed by atoms with E-state index in [1.165, 1.54) is 70.6 Å². The lowest BCUT2D eigenvalue weighted by Gasteiger charge is -2.21. The van der Waals surface area contributed by atoms with Crippen LogP contribution in [0, 0.1) is 0 Å². The molecular weight excluding hydrogens is 1380 g/mol. The van der Waals surface area contributed by atoms with Gasteiger partial charge in [-0.1, -0.05) is 301 Å². The van der Waals surface area contributed by atoms with Crippen molar-refractivity contribution in [3.63, 3.8) is 0 Å². The van der Waals surface area contributed by atoms with E-state index >= 15 is 0 Å². The summed E-state index contributed by atoms with van der Waals surface area (Å²) in [6, 6.07) is 0. The fraction of sp³-hybridized carbons (Fsp3) is 0.655. The van der Waals surface area contributed by atoms with E-state index in [0.29, 0.717) is 38.5 Å². The molecule has 0 radical (unpaired) electrons. The van der Waals surface area contributed by atoms with E-state index < -0.39 is 97.5 Å². The normalized spacial score (nSPS) is 14.7. The van der Waals surface area contributed by atoms with Gasteiger partial charge in [-0.25, -0.2) is 9.13 Å². The molecule has 3 N–H and O–H groups in total. The second kappa shape index (κ2) is 77.8. The molecule has 0 bridgehead atoms. The number of aliphatic hydroxyl groups is 1. The van der Waals surface area contributed by atoms with Gasteiger partial charge in [-0.15, -0.1) is 0 Å². The van der Waals surface area contributed by atoms with Crippen LogP contribution in [0.5, 0.6) is 0 Å². The summed E-state index contributed by atoms with van der Waals surface area (Å²) in [4.78, 5) is 73.1. The van der Waals surface area contributed by atoms with Gasteiger partial charge in [0.1, 0.15) is 19.3 Å². The van der Waals surface area contributed by atoms with Gasteiger partial charge in [-0.05, 0) is 141 Å². The summed E-state index contributed by atoms with van der Waals surface area (Å²) in [6.45, 7) is 4.48. The number of phosphoric acid groups is 2. The third-order valence-electron chi connectivity index (χ3n) is 16.5. The van der Waals surface area contributed by atoms with E-state index in [9.17, 15) is 43.2 Å². The molecule has 0 aliphatic heterocycles. The quantitative estimate of drug-likeness (QED) is 0.0169. The van der Waals surface area contributed by atoms with Gasteiger partial charge < -0.3 is 33.8 Å². The van der Waals surface area contributed by atoms with E-state index in [-0.39, 0.29) is 25.7 Å². The lowest BCUT2D eigenvalue weighted by Crippen LogP contribution is -2.30. The summed E-state index contributed by atoms with van der Waals surface area (Å²) in [5.74, 6) is -2.33. The van der Waals surface area contributed by atoms with Gasteiger partial charge >= 0.3 is 39.5 Å². The number of aliphatic hydroxyl groups excluding tert-OH is 1. The zero-order chi connectivity index (χ0) is 77.4. The highest BCUT2D eigenvalue weighted by Crippen LogP contribution is 2.45. The number of hydrogen-bond donors (Lipinski definition) is 3. The van der Waals surface area contributed by atoms with Crippen molar-refractivity contribution in [3.8, 4) is 0 Å². The van der Waals surface area contributed by atoms with Crippen LogP contribution in [0.3, 0.4) is 0 Å². The summed E-state index contributed by atoms with van der Waals surface area (Å²) < 4.78 is 68.5. The second-order valence-electron chi connectivity index (χ2n) is 26.6. The SMILES string of the molecule is CC/C=C\C/C=C\C/C=C\C/C=C\C/C=C\CCCC(=O)OCC(COP(=O)(O)OCC(O)COP(=O)(O)OCC(COC(=O)CCCCCCCC/C=C\C/C=C\C/C=C\CCCCC)OC(=O)CCC/C=C\C/C=C\C/C=C\C/C=C\C/C=C\CC)OC(=O)CCCCCCCCCCCCCCC. The molecule has 0 fully saturated rings. The van der Waals surface area contributed by atoms with Crippen LogP contribution in [0.4, 0.5) is 0 Å². The zero-order valence-corrected chi connectivity index (χ0v) is 67.8. The molecule has 0 aromatic carbocycles. The number of unbranched alkanes of at least 4 members (excludes halogenated alkanes) is 23. The summed E-state index contributed by atoms with van der Waals surface area (Å²) in [7, 11) is -10.0.